The van der Waals surface area contributed by atoms with Gasteiger partial charge in [-0.2, -0.15) is 0 Å². The zero-order valence-corrected chi connectivity index (χ0v) is 15.1. The highest BCUT2D eigenvalue weighted by Crippen LogP contribution is 2.30. The Labute approximate surface area is 143 Å². The third-order valence-corrected chi connectivity index (χ3v) is 4.07. The number of amides is 1. The van der Waals surface area contributed by atoms with E-state index in [9.17, 15) is 4.79 Å². The van der Waals surface area contributed by atoms with Crippen LogP contribution >= 0.6 is 0 Å². The lowest BCUT2D eigenvalue weighted by Crippen LogP contribution is -2.45. The first-order valence-electron chi connectivity index (χ1n) is 8.38. The summed E-state index contributed by atoms with van der Waals surface area (Å²) in [5.74, 6) is 0.202. The van der Waals surface area contributed by atoms with Gasteiger partial charge in [-0.1, -0.05) is 51.1 Å². The third kappa shape index (κ3) is 3.45. The van der Waals surface area contributed by atoms with E-state index >= 15 is 0 Å². The number of benzene rings is 2. The van der Waals surface area contributed by atoms with Gasteiger partial charge in [0.2, 0.25) is 0 Å². The molecule has 0 spiro atoms. The Hall–Kier alpha value is -2.29. The number of fused-ring (bicyclic) bond motifs is 3. The summed E-state index contributed by atoms with van der Waals surface area (Å²) in [5, 5.41) is 6.33. The van der Waals surface area contributed by atoms with Crippen molar-refractivity contribution in [2.24, 2.45) is 5.41 Å². The van der Waals surface area contributed by atoms with Gasteiger partial charge in [0.25, 0.3) is 5.91 Å². The van der Waals surface area contributed by atoms with Crippen LogP contribution in [0.1, 0.15) is 51.6 Å². The minimum atomic E-state index is -0.295. The van der Waals surface area contributed by atoms with Crippen molar-refractivity contribution >= 4 is 27.6 Å². The Bertz CT molecular complexity index is 897. The molecule has 0 bridgehead atoms. The molecular weight excluding hydrogens is 298 g/mol. The molecule has 0 atom stereocenters. The summed E-state index contributed by atoms with van der Waals surface area (Å²) >= 11 is 0. The molecular formula is C21H25NO2. The smallest absolute Gasteiger partial charge is 0.287 e. The Morgan fingerprint density at radius 3 is 2.42 bits per heavy atom. The fourth-order valence-electron chi connectivity index (χ4n) is 3.64. The molecule has 0 aliphatic rings. The SMILES string of the molecule is CC(C)(C)CC(C)(C)NC(=O)c1cc2c(ccc3ccccc32)o1. The minimum Gasteiger partial charge on any atom is -0.451 e. The van der Waals surface area contributed by atoms with E-state index < -0.39 is 0 Å². The summed E-state index contributed by atoms with van der Waals surface area (Å²) in [6.45, 7) is 10.6. The van der Waals surface area contributed by atoms with Crippen LogP contribution in [0, 0.1) is 5.41 Å². The highest BCUT2D eigenvalue weighted by atomic mass is 16.3. The molecule has 1 amide bonds. The minimum absolute atomic E-state index is 0.140. The lowest BCUT2D eigenvalue weighted by Gasteiger charge is -2.33. The summed E-state index contributed by atoms with van der Waals surface area (Å²) in [4.78, 5) is 12.6. The Balaban J connectivity index is 1.92. The standard InChI is InChI=1S/C21H25NO2/c1-20(2,3)13-21(4,5)22-19(23)18-12-16-15-9-7-6-8-14(15)10-11-17(16)24-18/h6-12H,13H2,1-5H3,(H,22,23). The number of hydrogen-bond donors (Lipinski definition) is 1. The fraction of sp³-hybridized carbons (Fsp3) is 0.381. The van der Waals surface area contributed by atoms with Crippen molar-refractivity contribution in [1.82, 2.24) is 5.32 Å². The summed E-state index contributed by atoms with van der Waals surface area (Å²) in [6.07, 6.45) is 0.884. The van der Waals surface area contributed by atoms with E-state index in [1.54, 1.807) is 0 Å². The molecule has 0 aliphatic heterocycles. The van der Waals surface area contributed by atoms with Crippen LogP contribution in [0.15, 0.2) is 46.9 Å². The molecule has 0 saturated heterocycles. The second kappa shape index (κ2) is 5.66. The largest absolute Gasteiger partial charge is 0.451 e. The first-order chi connectivity index (χ1) is 11.1. The second-order valence-electron chi connectivity index (χ2n) is 8.38. The molecule has 0 saturated carbocycles. The predicted octanol–water partition coefficient (Wildman–Crippen LogP) is 5.53. The van der Waals surface area contributed by atoms with E-state index in [2.05, 4.69) is 38.2 Å². The van der Waals surface area contributed by atoms with Gasteiger partial charge in [-0.15, -0.1) is 0 Å². The average Bonchev–Trinajstić information content (AvgIpc) is 2.88. The number of furan rings is 1. The molecule has 0 radical (unpaired) electrons. The number of rotatable bonds is 3. The van der Waals surface area contributed by atoms with Crippen LogP contribution in [0.4, 0.5) is 0 Å². The maximum atomic E-state index is 12.6. The van der Waals surface area contributed by atoms with Crippen molar-refractivity contribution in [2.45, 2.75) is 46.6 Å². The zero-order valence-electron chi connectivity index (χ0n) is 15.1. The van der Waals surface area contributed by atoms with Gasteiger partial charge >= 0.3 is 0 Å². The van der Waals surface area contributed by atoms with Gasteiger partial charge in [0, 0.05) is 10.9 Å². The normalized spacial score (nSPS) is 12.7. The summed E-state index contributed by atoms with van der Waals surface area (Å²) in [5.41, 5.74) is 0.588. The van der Waals surface area contributed by atoms with Gasteiger partial charge in [0.05, 0.1) is 0 Å². The maximum Gasteiger partial charge on any atom is 0.287 e. The van der Waals surface area contributed by atoms with E-state index in [1.165, 1.54) is 0 Å². The van der Waals surface area contributed by atoms with Crippen molar-refractivity contribution in [2.75, 3.05) is 0 Å². The van der Waals surface area contributed by atoms with Crippen LogP contribution < -0.4 is 5.32 Å². The lowest BCUT2D eigenvalue weighted by atomic mass is 9.82. The molecule has 3 heteroatoms. The van der Waals surface area contributed by atoms with Gasteiger partial charge in [-0.05, 0) is 48.6 Å². The van der Waals surface area contributed by atoms with Crippen molar-refractivity contribution in [3.8, 4) is 0 Å². The molecule has 3 aromatic rings. The van der Waals surface area contributed by atoms with E-state index in [0.717, 1.165) is 28.2 Å². The van der Waals surface area contributed by atoms with Crippen LogP contribution in [0.2, 0.25) is 0 Å². The number of carbonyl (C=O) groups is 1. The molecule has 0 unspecified atom stereocenters. The Morgan fingerprint density at radius 2 is 1.71 bits per heavy atom. The average molecular weight is 323 g/mol. The van der Waals surface area contributed by atoms with Crippen LogP contribution in [0.5, 0.6) is 0 Å². The van der Waals surface area contributed by atoms with E-state index in [0.29, 0.717) is 5.76 Å². The lowest BCUT2D eigenvalue weighted by molar-refractivity contribution is 0.0865. The number of hydrogen-bond acceptors (Lipinski definition) is 2. The van der Waals surface area contributed by atoms with E-state index in [4.69, 9.17) is 4.42 Å². The Morgan fingerprint density at radius 1 is 1.00 bits per heavy atom. The quantitative estimate of drug-likeness (QED) is 0.688. The van der Waals surface area contributed by atoms with E-state index in [-0.39, 0.29) is 16.9 Å². The van der Waals surface area contributed by atoms with Gasteiger partial charge in [0.1, 0.15) is 5.58 Å². The van der Waals surface area contributed by atoms with Crippen molar-refractivity contribution in [3.05, 3.63) is 48.2 Å². The zero-order chi connectivity index (χ0) is 17.5. The molecule has 1 heterocycles. The topological polar surface area (TPSA) is 42.2 Å². The first-order valence-corrected chi connectivity index (χ1v) is 8.38. The highest BCUT2D eigenvalue weighted by molar-refractivity contribution is 6.08. The van der Waals surface area contributed by atoms with Crippen molar-refractivity contribution < 1.29 is 9.21 Å². The van der Waals surface area contributed by atoms with Crippen LogP contribution in [0.3, 0.4) is 0 Å². The van der Waals surface area contributed by atoms with Crippen LogP contribution in [-0.4, -0.2) is 11.4 Å². The molecule has 1 aromatic heterocycles. The van der Waals surface area contributed by atoms with E-state index in [1.807, 2.05) is 44.2 Å². The van der Waals surface area contributed by atoms with Crippen LogP contribution in [0.25, 0.3) is 21.7 Å². The van der Waals surface area contributed by atoms with Crippen molar-refractivity contribution in [3.63, 3.8) is 0 Å². The monoisotopic (exact) mass is 323 g/mol. The summed E-state index contributed by atoms with van der Waals surface area (Å²) in [7, 11) is 0. The molecule has 2 aromatic carbocycles. The molecule has 0 aliphatic carbocycles. The third-order valence-electron chi connectivity index (χ3n) is 4.07. The molecule has 24 heavy (non-hydrogen) atoms. The number of carbonyl (C=O) groups excluding carboxylic acids is 1. The molecule has 3 rings (SSSR count). The highest BCUT2D eigenvalue weighted by Gasteiger charge is 2.28. The second-order valence-corrected chi connectivity index (χ2v) is 8.38. The molecule has 126 valence electrons. The first kappa shape index (κ1) is 16.6. The van der Waals surface area contributed by atoms with Gasteiger partial charge in [0.15, 0.2) is 5.76 Å². The predicted molar refractivity (Wildman–Crippen MR) is 99.3 cm³/mol. The van der Waals surface area contributed by atoms with Gasteiger partial charge in [-0.3, -0.25) is 4.79 Å². The summed E-state index contributed by atoms with van der Waals surface area (Å²) in [6, 6.07) is 13.9. The summed E-state index contributed by atoms with van der Waals surface area (Å²) < 4.78 is 5.80. The molecule has 3 nitrogen and oxygen atoms in total. The fourth-order valence-corrected chi connectivity index (χ4v) is 3.64. The molecule has 1 N–H and O–H groups in total. The van der Waals surface area contributed by atoms with Crippen LogP contribution in [-0.2, 0) is 0 Å². The molecule has 0 fully saturated rings. The van der Waals surface area contributed by atoms with Gasteiger partial charge < -0.3 is 9.73 Å². The van der Waals surface area contributed by atoms with Gasteiger partial charge in [-0.25, -0.2) is 0 Å². The Kier molecular flexibility index (Phi) is 3.90. The number of nitrogens with one attached hydrogen (secondary N) is 1. The van der Waals surface area contributed by atoms with Crippen molar-refractivity contribution in [1.29, 1.82) is 0 Å². The maximum absolute atomic E-state index is 12.6.